The highest BCUT2D eigenvalue weighted by Gasteiger charge is 2.47. The average molecular weight is 357 g/mol. The van der Waals surface area contributed by atoms with E-state index in [9.17, 15) is 9.59 Å². The number of rotatable bonds is 16. The van der Waals surface area contributed by atoms with E-state index >= 15 is 0 Å². The molecule has 0 radical (unpaired) electrons. The molecule has 0 aromatic carbocycles. The second-order valence-corrected chi connectivity index (χ2v) is 6.98. The molecule has 0 spiro atoms. The Morgan fingerprint density at radius 3 is 1.32 bits per heavy atom. The van der Waals surface area contributed by atoms with Crippen molar-refractivity contribution in [1.29, 1.82) is 0 Å². The number of carbonyl (C=O) groups excluding carboxylic acids is 2. The van der Waals surface area contributed by atoms with Crippen LogP contribution >= 0.6 is 0 Å². The minimum absolute atomic E-state index is 0.383. The lowest BCUT2D eigenvalue weighted by Gasteiger charge is -2.29. The Bertz CT molecular complexity index is 318. The second-order valence-electron chi connectivity index (χ2n) is 6.98. The quantitative estimate of drug-likeness (QED) is 0.199. The zero-order valence-electron chi connectivity index (χ0n) is 17.0. The van der Waals surface area contributed by atoms with Gasteiger partial charge in [0.2, 0.25) is 0 Å². The SMILES string of the molecule is CCCCCCOC(=O)C(CCC)(CCC)C(=O)OCCCCCC. The molecule has 0 aliphatic rings. The third-order valence-corrected chi connectivity index (χ3v) is 4.60. The highest BCUT2D eigenvalue weighted by atomic mass is 16.6. The molecule has 25 heavy (non-hydrogen) atoms. The van der Waals surface area contributed by atoms with Gasteiger partial charge in [0.05, 0.1) is 13.2 Å². The van der Waals surface area contributed by atoms with Crippen molar-refractivity contribution in [2.45, 2.75) is 105 Å². The Morgan fingerprint density at radius 1 is 0.600 bits per heavy atom. The first-order valence-electron chi connectivity index (χ1n) is 10.4. The van der Waals surface area contributed by atoms with Crippen LogP contribution in [0.3, 0.4) is 0 Å². The number of ether oxygens (including phenoxy) is 2. The normalized spacial score (nSPS) is 11.4. The van der Waals surface area contributed by atoms with Gasteiger partial charge in [0, 0.05) is 0 Å². The predicted octanol–water partition coefficient (Wildman–Crippen LogP) is 5.82. The predicted molar refractivity (Wildman–Crippen MR) is 102 cm³/mol. The van der Waals surface area contributed by atoms with E-state index < -0.39 is 5.41 Å². The van der Waals surface area contributed by atoms with Crippen LogP contribution in [0.2, 0.25) is 0 Å². The molecule has 0 N–H and O–H groups in total. The van der Waals surface area contributed by atoms with E-state index in [-0.39, 0.29) is 11.9 Å². The van der Waals surface area contributed by atoms with Crippen LogP contribution in [0.15, 0.2) is 0 Å². The number of carbonyl (C=O) groups is 2. The van der Waals surface area contributed by atoms with Crippen LogP contribution in [0, 0.1) is 5.41 Å². The maximum atomic E-state index is 12.7. The van der Waals surface area contributed by atoms with Crippen molar-refractivity contribution in [3.63, 3.8) is 0 Å². The topological polar surface area (TPSA) is 52.6 Å². The van der Waals surface area contributed by atoms with E-state index in [4.69, 9.17) is 9.47 Å². The van der Waals surface area contributed by atoms with E-state index in [0.717, 1.165) is 64.2 Å². The van der Waals surface area contributed by atoms with E-state index in [1.807, 2.05) is 13.8 Å². The van der Waals surface area contributed by atoms with Crippen LogP contribution in [-0.4, -0.2) is 25.2 Å². The summed E-state index contributed by atoms with van der Waals surface area (Å²) in [6, 6.07) is 0. The number of hydrogen-bond acceptors (Lipinski definition) is 4. The summed E-state index contributed by atoms with van der Waals surface area (Å²) in [6.45, 7) is 9.09. The molecule has 4 heteroatoms. The minimum atomic E-state index is -1.11. The Morgan fingerprint density at radius 2 is 1.00 bits per heavy atom. The first-order chi connectivity index (χ1) is 12.1. The highest BCUT2D eigenvalue weighted by Crippen LogP contribution is 2.33. The number of unbranched alkanes of at least 4 members (excludes halogenated alkanes) is 6. The van der Waals surface area contributed by atoms with Crippen molar-refractivity contribution in [2.75, 3.05) is 13.2 Å². The van der Waals surface area contributed by atoms with Crippen LogP contribution < -0.4 is 0 Å². The highest BCUT2D eigenvalue weighted by molar-refractivity contribution is 6.00. The maximum absolute atomic E-state index is 12.7. The van der Waals surface area contributed by atoms with Crippen molar-refractivity contribution in [2.24, 2.45) is 5.41 Å². The van der Waals surface area contributed by atoms with Gasteiger partial charge in [-0.25, -0.2) is 0 Å². The van der Waals surface area contributed by atoms with Gasteiger partial charge in [0.15, 0.2) is 5.41 Å². The lowest BCUT2D eigenvalue weighted by atomic mass is 9.79. The van der Waals surface area contributed by atoms with Crippen molar-refractivity contribution < 1.29 is 19.1 Å². The molecular weight excluding hydrogens is 316 g/mol. The smallest absolute Gasteiger partial charge is 0.323 e. The molecule has 0 aromatic heterocycles. The van der Waals surface area contributed by atoms with Gasteiger partial charge in [0.25, 0.3) is 0 Å². The Labute approximate surface area is 155 Å². The fraction of sp³-hybridized carbons (Fsp3) is 0.905. The number of esters is 2. The summed E-state index contributed by atoms with van der Waals surface area (Å²) in [4.78, 5) is 25.5. The Balaban J connectivity index is 4.72. The molecule has 0 saturated carbocycles. The van der Waals surface area contributed by atoms with E-state index in [0.29, 0.717) is 26.1 Å². The molecule has 0 heterocycles. The van der Waals surface area contributed by atoms with Crippen LogP contribution in [0.4, 0.5) is 0 Å². The average Bonchev–Trinajstić information content (AvgIpc) is 2.60. The molecule has 0 unspecified atom stereocenters. The summed E-state index contributed by atoms with van der Waals surface area (Å²) >= 11 is 0. The van der Waals surface area contributed by atoms with Crippen molar-refractivity contribution >= 4 is 11.9 Å². The standard InChI is InChI=1S/C21H40O4/c1-5-9-11-13-17-24-19(22)21(15-7-3,16-8-4)20(23)25-18-14-12-10-6-2/h5-18H2,1-4H3. The molecule has 0 saturated heterocycles. The lowest BCUT2D eigenvalue weighted by Crippen LogP contribution is -2.42. The van der Waals surface area contributed by atoms with E-state index in [1.165, 1.54) is 0 Å². The molecule has 0 aromatic rings. The zero-order chi connectivity index (χ0) is 19.0. The van der Waals surface area contributed by atoms with Gasteiger partial charge in [-0.3, -0.25) is 9.59 Å². The molecule has 0 amide bonds. The summed E-state index contributed by atoms with van der Waals surface area (Å²) in [5, 5.41) is 0. The monoisotopic (exact) mass is 356 g/mol. The van der Waals surface area contributed by atoms with Crippen LogP contribution in [0.5, 0.6) is 0 Å². The van der Waals surface area contributed by atoms with Gasteiger partial charge in [-0.05, 0) is 25.7 Å². The largest absolute Gasteiger partial charge is 0.465 e. The summed E-state index contributed by atoms with van der Waals surface area (Å²) in [7, 11) is 0. The molecule has 0 atom stereocenters. The third kappa shape index (κ3) is 9.27. The van der Waals surface area contributed by atoms with E-state index in [2.05, 4.69) is 13.8 Å². The Kier molecular flexibility index (Phi) is 14.6. The molecule has 0 aliphatic heterocycles. The van der Waals surface area contributed by atoms with Gasteiger partial charge in [0.1, 0.15) is 0 Å². The van der Waals surface area contributed by atoms with Gasteiger partial charge < -0.3 is 9.47 Å². The van der Waals surface area contributed by atoms with Gasteiger partial charge in [-0.2, -0.15) is 0 Å². The molecule has 0 rings (SSSR count). The van der Waals surface area contributed by atoms with Gasteiger partial charge >= 0.3 is 11.9 Å². The van der Waals surface area contributed by atoms with Crippen molar-refractivity contribution in [3.05, 3.63) is 0 Å². The lowest BCUT2D eigenvalue weighted by molar-refractivity contribution is -0.174. The summed E-state index contributed by atoms with van der Waals surface area (Å²) in [6.07, 6.45) is 10.9. The molecule has 148 valence electrons. The van der Waals surface area contributed by atoms with Crippen LogP contribution in [-0.2, 0) is 19.1 Å². The maximum Gasteiger partial charge on any atom is 0.323 e. The molecule has 0 fully saturated rings. The molecular formula is C21H40O4. The second kappa shape index (κ2) is 15.2. The molecule has 0 bridgehead atoms. The first-order valence-corrected chi connectivity index (χ1v) is 10.4. The zero-order valence-corrected chi connectivity index (χ0v) is 17.0. The summed E-state index contributed by atoms with van der Waals surface area (Å²) in [5.41, 5.74) is -1.11. The van der Waals surface area contributed by atoms with Gasteiger partial charge in [-0.1, -0.05) is 79.1 Å². The van der Waals surface area contributed by atoms with Crippen molar-refractivity contribution in [1.82, 2.24) is 0 Å². The van der Waals surface area contributed by atoms with Crippen molar-refractivity contribution in [3.8, 4) is 0 Å². The van der Waals surface area contributed by atoms with Crippen LogP contribution in [0.1, 0.15) is 105 Å². The van der Waals surface area contributed by atoms with E-state index in [1.54, 1.807) is 0 Å². The fourth-order valence-electron chi connectivity index (χ4n) is 3.13. The van der Waals surface area contributed by atoms with Crippen LogP contribution in [0.25, 0.3) is 0 Å². The fourth-order valence-corrected chi connectivity index (χ4v) is 3.13. The molecule has 4 nitrogen and oxygen atoms in total. The third-order valence-electron chi connectivity index (χ3n) is 4.60. The minimum Gasteiger partial charge on any atom is -0.465 e. The first kappa shape index (κ1) is 23.9. The number of hydrogen-bond donors (Lipinski definition) is 0. The summed E-state index contributed by atoms with van der Waals surface area (Å²) in [5.74, 6) is -0.766. The van der Waals surface area contributed by atoms with Gasteiger partial charge in [-0.15, -0.1) is 0 Å². The summed E-state index contributed by atoms with van der Waals surface area (Å²) < 4.78 is 11.0. The Hall–Kier alpha value is -1.06. The molecule has 0 aliphatic carbocycles.